The van der Waals surface area contributed by atoms with Gasteiger partial charge < -0.3 is 10.2 Å². The summed E-state index contributed by atoms with van der Waals surface area (Å²) in [6.07, 6.45) is 40.7. The average Bonchev–Trinajstić information content (AvgIpc) is 3.29. The van der Waals surface area contributed by atoms with Crippen molar-refractivity contribution in [2.24, 2.45) is 0 Å². The Bertz CT molecular complexity index is 2370. The van der Waals surface area contributed by atoms with Crippen LogP contribution in [0.1, 0.15) is 62.8 Å². The maximum atomic E-state index is 3.74. The Labute approximate surface area is 333 Å². The van der Waals surface area contributed by atoms with Crippen molar-refractivity contribution in [2.45, 2.75) is 63.3 Å². The average molecular weight is 727 g/mol. The molecule has 0 radical (unpaired) electrons. The number of nitrogens with one attached hydrogen (secondary N) is 1. The molecule has 0 saturated carbocycles. The van der Waals surface area contributed by atoms with Crippen LogP contribution in [0.15, 0.2) is 222 Å². The van der Waals surface area contributed by atoms with Gasteiger partial charge in [-0.05, 0) is 144 Å². The van der Waals surface area contributed by atoms with Gasteiger partial charge >= 0.3 is 0 Å². The quantitative estimate of drug-likeness (QED) is 0.175. The Hall–Kier alpha value is -6.12. The summed E-state index contributed by atoms with van der Waals surface area (Å²) in [7, 11) is 0. The molecule has 56 heavy (non-hydrogen) atoms. The zero-order chi connectivity index (χ0) is 37.5. The van der Waals surface area contributed by atoms with E-state index in [4.69, 9.17) is 0 Å². The molecule has 4 aromatic carbocycles. The van der Waals surface area contributed by atoms with Crippen LogP contribution in [-0.2, 0) is 0 Å². The van der Waals surface area contributed by atoms with Crippen molar-refractivity contribution < 1.29 is 0 Å². The molecule has 0 aromatic heterocycles. The summed E-state index contributed by atoms with van der Waals surface area (Å²) in [6, 6.07) is 38.1. The fourth-order valence-corrected chi connectivity index (χ4v) is 8.67. The zero-order valence-corrected chi connectivity index (χ0v) is 32.2. The molecule has 0 fully saturated rings. The number of allylic oxidation sites excluding steroid dienone is 18. The van der Waals surface area contributed by atoms with Crippen LogP contribution < -0.4 is 10.2 Å². The van der Waals surface area contributed by atoms with Gasteiger partial charge in [0.05, 0.1) is 0 Å². The van der Waals surface area contributed by atoms with E-state index in [0.717, 1.165) is 51.4 Å². The molecular formula is C54H50N2. The Morgan fingerprint density at radius 2 is 1.23 bits per heavy atom. The van der Waals surface area contributed by atoms with Gasteiger partial charge in [-0.1, -0.05) is 146 Å². The molecule has 2 atom stereocenters. The van der Waals surface area contributed by atoms with Crippen molar-refractivity contribution in [3.63, 3.8) is 0 Å². The van der Waals surface area contributed by atoms with Crippen LogP contribution >= 0.6 is 0 Å². The highest BCUT2D eigenvalue weighted by atomic mass is 15.2. The van der Waals surface area contributed by atoms with Crippen LogP contribution in [0.3, 0.4) is 0 Å². The first kappa shape index (κ1) is 35.6. The summed E-state index contributed by atoms with van der Waals surface area (Å²) in [5.41, 5.74) is 17.2. The monoisotopic (exact) mass is 726 g/mol. The second-order valence-corrected chi connectivity index (χ2v) is 15.5. The van der Waals surface area contributed by atoms with Gasteiger partial charge in [-0.2, -0.15) is 0 Å². The van der Waals surface area contributed by atoms with Crippen LogP contribution in [0, 0.1) is 0 Å². The molecule has 0 amide bonds. The number of hydrogen-bond acceptors (Lipinski definition) is 2. The maximum Gasteiger partial charge on any atom is 0.0482 e. The summed E-state index contributed by atoms with van der Waals surface area (Å²) in [5, 5.41) is 3.74. The second-order valence-electron chi connectivity index (χ2n) is 15.5. The lowest BCUT2D eigenvalue weighted by atomic mass is 9.89. The molecule has 0 heterocycles. The zero-order valence-electron chi connectivity index (χ0n) is 32.2. The predicted octanol–water partition coefficient (Wildman–Crippen LogP) is 14.3. The topological polar surface area (TPSA) is 15.3 Å². The lowest BCUT2D eigenvalue weighted by Gasteiger charge is -2.34. The SMILES string of the molecule is C1=CCCC(C2=CC=C(N(C3=CC=C(C4=CCC(Nc5ccc(C6C=CC=CC6)cc5)C=C4)CC3)c3ccc(-c4cccc(-c5ccccc5)c4)cc3)CC2)=C1. The Balaban J connectivity index is 0.930. The summed E-state index contributed by atoms with van der Waals surface area (Å²) in [5.74, 6) is 0.486. The van der Waals surface area contributed by atoms with Gasteiger partial charge in [0.25, 0.3) is 0 Å². The van der Waals surface area contributed by atoms with Crippen LogP contribution in [-0.4, -0.2) is 6.04 Å². The maximum absolute atomic E-state index is 3.74. The third kappa shape index (κ3) is 8.11. The molecule has 2 nitrogen and oxygen atoms in total. The van der Waals surface area contributed by atoms with E-state index in [-0.39, 0.29) is 0 Å². The van der Waals surface area contributed by atoms with Gasteiger partial charge in [-0.25, -0.2) is 0 Å². The molecular weight excluding hydrogens is 677 g/mol. The molecule has 9 rings (SSSR count). The van der Waals surface area contributed by atoms with Crippen LogP contribution in [0.4, 0.5) is 11.4 Å². The minimum Gasteiger partial charge on any atom is -0.379 e. The molecule has 2 unspecified atom stereocenters. The van der Waals surface area contributed by atoms with Crippen molar-refractivity contribution in [1.29, 1.82) is 0 Å². The van der Waals surface area contributed by atoms with E-state index in [1.807, 2.05) is 0 Å². The van der Waals surface area contributed by atoms with E-state index < -0.39 is 0 Å². The third-order valence-corrected chi connectivity index (χ3v) is 11.8. The molecule has 4 aromatic rings. The van der Waals surface area contributed by atoms with E-state index in [2.05, 4.69) is 198 Å². The van der Waals surface area contributed by atoms with Crippen molar-refractivity contribution in [1.82, 2.24) is 0 Å². The highest BCUT2D eigenvalue weighted by molar-refractivity contribution is 5.75. The molecule has 0 saturated heterocycles. The first-order valence-electron chi connectivity index (χ1n) is 20.5. The molecule has 0 bridgehead atoms. The summed E-state index contributed by atoms with van der Waals surface area (Å²) < 4.78 is 0. The minimum atomic E-state index is 0.299. The number of anilines is 2. The fraction of sp³-hybridized carbons (Fsp3) is 0.185. The number of rotatable bonds is 10. The number of hydrogen-bond donors (Lipinski definition) is 1. The predicted molar refractivity (Wildman–Crippen MR) is 238 cm³/mol. The van der Waals surface area contributed by atoms with Gasteiger partial charge in [0.15, 0.2) is 0 Å². The summed E-state index contributed by atoms with van der Waals surface area (Å²) in [6.45, 7) is 0. The van der Waals surface area contributed by atoms with Crippen molar-refractivity contribution in [3.8, 4) is 22.3 Å². The lowest BCUT2D eigenvalue weighted by Crippen LogP contribution is -2.24. The van der Waals surface area contributed by atoms with Crippen LogP contribution in [0.5, 0.6) is 0 Å². The number of nitrogens with zero attached hydrogens (tertiary/aromatic N) is 1. The summed E-state index contributed by atoms with van der Waals surface area (Å²) >= 11 is 0. The molecule has 5 aliphatic carbocycles. The first-order chi connectivity index (χ1) is 27.7. The van der Waals surface area contributed by atoms with Gasteiger partial charge in [0.2, 0.25) is 0 Å². The molecule has 1 N–H and O–H groups in total. The molecule has 0 aliphatic heterocycles. The van der Waals surface area contributed by atoms with Gasteiger partial charge in [0, 0.05) is 34.7 Å². The minimum absolute atomic E-state index is 0.299. The third-order valence-electron chi connectivity index (χ3n) is 11.8. The lowest BCUT2D eigenvalue weighted by molar-refractivity contribution is 0.801. The van der Waals surface area contributed by atoms with Crippen molar-refractivity contribution in [3.05, 3.63) is 227 Å². The van der Waals surface area contributed by atoms with E-state index >= 15 is 0 Å². The Morgan fingerprint density at radius 1 is 0.518 bits per heavy atom. The van der Waals surface area contributed by atoms with Crippen molar-refractivity contribution in [2.75, 3.05) is 10.2 Å². The molecule has 276 valence electrons. The molecule has 5 aliphatic rings. The van der Waals surface area contributed by atoms with Gasteiger partial charge in [-0.3, -0.25) is 0 Å². The van der Waals surface area contributed by atoms with E-state index in [9.17, 15) is 0 Å². The standard InChI is InChI=1S/C54H50N2/c1-4-11-40(12-5-1)43-19-29-50(30-20-43)55-51-31-21-44(22-32-51)46-25-35-53(36-26-46)56(52-33-23-45(24-34-52)41-13-6-2-7-14-41)54-37-27-47(28-38-54)49-18-10-17-48(39-49)42-15-8-3-9-16-42/h1-6,8-11,13,15-23,25,27-31,33,35,37-40,51,55H,7,12,14,24,26,32,34,36H2. The summed E-state index contributed by atoms with van der Waals surface area (Å²) in [4.78, 5) is 2.54. The Morgan fingerprint density at radius 3 is 1.88 bits per heavy atom. The van der Waals surface area contributed by atoms with Crippen LogP contribution in [0.2, 0.25) is 0 Å². The smallest absolute Gasteiger partial charge is 0.0482 e. The van der Waals surface area contributed by atoms with E-state index in [0.29, 0.717) is 12.0 Å². The van der Waals surface area contributed by atoms with E-state index in [1.165, 1.54) is 72.9 Å². The molecule has 0 spiro atoms. The highest BCUT2D eigenvalue weighted by Gasteiger charge is 2.23. The van der Waals surface area contributed by atoms with Gasteiger partial charge in [-0.15, -0.1) is 0 Å². The normalized spacial score (nSPS) is 20.3. The molecule has 2 heteroatoms. The largest absolute Gasteiger partial charge is 0.379 e. The highest BCUT2D eigenvalue weighted by Crippen LogP contribution is 2.39. The van der Waals surface area contributed by atoms with Crippen LogP contribution in [0.25, 0.3) is 22.3 Å². The fourth-order valence-electron chi connectivity index (χ4n) is 8.67. The second kappa shape index (κ2) is 16.7. The number of benzene rings is 4. The Kier molecular flexibility index (Phi) is 10.6. The van der Waals surface area contributed by atoms with E-state index in [1.54, 1.807) is 0 Å². The van der Waals surface area contributed by atoms with Gasteiger partial charge in [0.1, 0.15) is 0 Å². The van der Waals surface area contributed by atoms with Crippen molar-refractivity contribution >= 4 is 11.4 Å². The first-order valence-corrected chi connectivity index (χ1v) is 20.5.